The van der Waals surface area contributed by atoms with Gasteiger partial charge in [-0.1, -0.05) is 46.1 Å². The number of halogens is 2. The summed E-state index contributed by atoms with van der Waals surface area (Å²) < 4.78 is 6.22. The summed E-state index contributed by atoms with van der Waals surface area (Å²) in [7, 11) is 1.59. The van der Waals surface area contributed by atoms with Gasteiger partial charge in [-0.3, -0.25) is 4.79 Å². The molecule has 1 amide bonds. The number of carbonyl (C=O) groups is 1. The van der Waals surface area contributed by atoms with Gasteiger partial charge in [0, 0.05) is 9.50 Å². The van der Waals surface area contributed by atoms with E-state index >= 15 is 0 Å². The van der Waals surface area contributed by atoms with Crippen molar-refractivity contribution in [2.24, 2.45) is 0 Å². The van der Waals surface area contributed by atoms with Crippen LogP contribution in [0.1, 0.15) is 24.8 Å². The highest BCUT2D eigenvalue weighted by Crippen LogP contribution is 2.45. The summed E-state index contributed by atoms with van der Waals surface area (Å²) in [5.41, 5.74) is 1.14. The minimum absolute atomic E-state index is 0.0117. The molecule has 0 unspecified atom stereocenters. The number of hydrogen-bond acceptors (Lipinski definition) is 2. The van der Waals surface area contributed by atoms with Crippen LogP contribution in [0.2, 0.25) is 5.02 Å². The monoisotopic (exact) mass is 393 g/mol. The lowest BCUT2D eigenvalue weighted by atomic mass is 9.64. The maximum absolute atomic E-state index is 13.0. The quantitative estimate of drug-likeness (QED) is 0.776. The van der Waals surface area contributed by atoms with E-state index in [-0.39, 0.29) is 5.91 Å². The molecule has 1 saturated carbocycles. The molecule has 0 radical (unpaired) electrons. The summed E-state index contributed by atoms with van der Waals surface area (Å²) in [6.07, 6.45) is 2.69. The number of carbonyl (C=O) groups excluding carboxylic acids is 1. The molecule has 1 fully saturated rings. The first kappa shape index (κ1) is 16.3. The third kappa shape index (κ3) is 3.10. The van der Waals surface area contributed by atoms with Gasteiger partial charge in [-0.2, -0.15) is 0 Å². The zero-order chi connectivity index (χ0) is 16.4. The first-order valence-corrected chi connectivity index (χ1v) is 8.63. The van der Waals surface area contributed by atoms with Crippen LogP contribution in [0, 0.1) is 0 Å². The number of hydrogen-bond donors (Lipinski definition) is 1. The maximum Gasteiger partial charge on any atom is 0.235 e. The molecule has 5 heteroatoms. The zero-order valence-corrected chi connectivity index (χ0v) is 15.1. The first-order chi connectivity index (χ1) is 11.0. The Morgan fingerprint density at radius 1 is 1.26 bits per heavy atom. The molecule has 1 aliphatic carbocycles. The predicted molar refractivity (Wildman–Crippen MR) is 96.3 cm³/mol. The van der Waals surface area contributed by atoms with Crippen molar-refractivity contribution in [2.75, 3.05) is 12.4 Å². The average Bonchev–Trinajstić information content (AvgIpc) is 2.46. The number of anilines is 1. The number of ether oxygens (including phenoxy) is 1. The van der Waals surface area contributed by atoms with Crippen LogP contribution in [0.3, 0.4) is 0 Å². The van der Waals surface area contributed by atoms with Crippen molar-refractivity contribution in [1.29, 1.82) is 0 Å². The minimum Gasteiger partial charge on any atom is -0.495 e. The largest absolute Gasteiger partial charge is 0.495 e. The van der Waals surface area contributed by atoms with Crippen LogP contribution in [0.4, 0.5) is 5.69 Å². The van der Waals surface area contributed by atoms with Crippen molar-refractivity contribution in [3.05, 3.63) is 57.5 Å². The second-order valence-corrected chi connectivity index (χ2v) is 7.10. The number of nitrogens with one attached hydrogen (secondary N) is 1. The van der Waals surface area contributed by atoms with Gasteiger partial charge in [0.25, 0.3) is 0 Å². The predicted octanol–water partition coefficient (Wildman–Crippen LogP) is 5.17. The Morgan fingerprint density at radius 3 is 2.65 bits per heavy atom. The summed E-state index contributed by atoms with van der Waals surface area (Å²) in [6.45, 7) is 0. The molecule has 120 valence electrons. The molecule has 0 aromatic heterocycles. The maximum atomic E-state index is 13.0. The molecule has 0 atom stereocenters. The second-order valence-electron chi connectivity index (χ2n) is 5.74. The average molecular weight is 395 g/mol. The topological polar surface area (TPSA) is 38.3 Å². The highest BCUT2D eigenvalue weighted by molar-refractivity contribution is 9.10. The van der Waals surface area contributed by atoms with E-state index in [1.165, 1.54) is 0 Å². The molecule has 23 heavy (non-hydrogen) atoms. The van der Waals surface area contributed by atoms with Crippen LogP contribution in [0.5, 0.6) is 5.75 Å². The van der Waals surface area contributed by atoms with E-state index in [1.807, 2.05) is 42.5 Å². The molecule has 0 aliphatic heterocycles. The number of methoxy groups -OCH3 is 1. The van der Waals surface area contributed by atoms with Crippen LogP contribution >= 0.6 is 27.5 Å². The third-order valence-corrected chi connectivity index (χ3v) is 5.16. The molecule has 3 rings (SSSR count). The van der Waals surface area contributed by atoms with Crippen molar-refractivity contribution in [1.82, 2.24) is 0 Å². The van der Waals surface area contributed by atoms with E-state index in [0.717, 1.165) is 29.3 Å². The summed E-state index contributed by atoms with van der Waals surface area (Å²) in [5, 5.41) is 3.68. The number of benzene rings is 2. The van der Waals surface area contributed by atoms with E-state index in [4.69, 9.17) is 16.3 Å². The van der Waals surface area contributed by atoms with Crippen LogP contribution < -0.4 is 10.1 Å². The van der Waals surface area contributed by atoms with Gasteiger partial charge in [-0.25, -0.2) is 0 Å². The Hall–Kier alpha value is -1.52. The van der Waals surface area contributed by atoms with Crippen molar-refractivity contribution < 1.29 is 9.53 Å². The molecule has 0 bridgehead atoms. The lowest BCUT2D eigenvalue weighted by Gasteiger charge is -2.40. The molecule has 2 aromatic rings. The van der Waals surface area contributed by atoms with Crippen LogP contribution in [0.15, 0.2) is 46.9 Å². The summed E-state index contributed by atoms with van der Waals surface area (Å²) in [5.74, 6) is 0.629. The van der Waals surface area contributed by atoms with Gasteiger partial charge >= 0.3 is 0 Å². The van der Waals surface area contributed by atoms with Crippen molar-refractivity contribution >= 4 is 39.1 Å². The summed E-state index contributed by atoms with van der Waals surface area (Å²) >= 11 is 9.53. The molecule has 3 nitrogen and oxygen atoms in total. The van der Waals surface area contributed by atoms with Crippen molar-refractivity contribution in [3.8, 4) is 5.75 Å². The van der Waals surface area contributed by atoms with Gasteiger partial charge in [-0.15, -0.1) is 0 Å². The molecular weight excluding hydrogens is 378 g/mol. The number of amides is 1. The summed E-state index contributed by atoms with van der Waals surface area (Å²) in [4.78, 5) is 13.0. The standard InChI is InChI=1S/C18H17BrClNO2/c1-23-16-7-6-13(19)11-15(16)21-17(22)18(8-3-9-18)12-4-2-5-14(20)10-12/h2,4-7,10-11H,3,8-9H2,1H3,(H,21,22). The van der Waals surface area contributed by atoms with E-state index in [2.05, 4.69) is 21.2 Å². The van der Waals surface area contributed by atoms with Gasteiger partial charge in [0.1, 0.15) is 5.75 Å². The lowest BCUT2D eigenvalue weighted by molar-refractivity contribution is -0.124. The van der Waals surface area contributed by atoms with E-state index in [0.29, 0.717) is 16.5 Å². The Morgan fingerprint density at radius 2 is 2.04 bits per heavy atom. The van der Waals surface area contributed by atoms with Gasteiger partial charge in [0.2, 0.25) is 5.91 Å². The molecule has 1 aliphatic rings. The van der Waals surface area contributed by atoms with Crippen LogP contribution in [-0.4, -0.2) is 13.0 Å². The molecular formula is C18H17BrClNO2. The molecule has 0 spiro atoms. The Bertz CT molecular complexity index is 744. The highest BCUT2D eigenvalue weighted by Gasteiger charge is 2.45. The molecule has 1 N–H and O–H groups in total. The SMILES string of the molecule is COc1ccc(Br)cc1NC(=O)C1(c2cccc(Cl)c2)CCC1. The van der Waals surface area contributed by atoms with Gasteiger partial charge in [0.15, 0.2) is 0 Å². The Balaban J connectivity index is 1.91. The smallest absolute Gasteiger partial charge is 0.235 e. The minimum atomic E-state index is -0.502. The van der Waals surface area contributed by atoms with Gasteiger partial charge in [0.05, 0.1) is 18.2 Å². The molecule has 0 saturated heterocycles. The lowest BCUT2D eigenvalue weighted by Crippen LogP contribution is -2.46. The van der Waals surface area contributed by atoms with Gasteiger partial charge < -0.3 is 10.1 Å². The van der Waals surface area contributed by atoms with E-state index in [9.17, 15) is 4.79 Å². The van der Waals surface area contributed by atoms with Crippen LogP contribution in [-0.2, 0) is 10.2 Å². The highest BCUT2D eigenvalue weighted by atomic mass is 79.9. The first-order valence-electron chi connectivity index (χ1n) is 7.46. The van der Waals surface area contributed by atoms with E-state index in [1.54, 1.807) is 7.11 Å². The fraction of sp³-hybridized carbons (Fsp3) is 0.278. The Kier molecular flexibility index (Phi) is 4.64. The molecule has 0 heterocycles. The van der Waals surface area contributed by atoms with Gasteiger partial charge in [-0.05, 0) is 48.7 Å². The van der Waals surface area contributed by atoms with Crippen molar-refractivity contribution in [2.45, 2.75) is 24.7 Å². The second kappa shape index (κ2) is 6.54. The summed E-state index contributed by atoms with van der Waals surface area (Å²) in [6, 6.07) is 13.1. The number of rotatable bonds is 4. The normalized spacial score (nSPS) is 15.6. The zero-order valence-electron chi connectivity index (χ0n) is 12.7. The van der Waals surface area contributed by atoms with E-state index < -0.39 is 5.41 Å². The fourth-order valence-corrected chi connectivity index (χ4v) is 3.53. The fourth-order valence-electron chi connectivity index (χ4n) is 2.98. The third-order valence-electron chi connectivity index (χ3n) is 4.43. The molecule has 2 aromatic carbocycles. The van der Waals surface area contributed by atoms with Crippen LogP contribution in [0.25, 0.3) is 0 Å². The Labute approximate surface area is 149 Å². The van der Waals surface area contributed by atoms with Crippen molar-refractivity contribution in [3.63, 3.8) is 0 Å².